The van der Waals surface area contributed by atoms with Gasteiger partial charge in [0.15, 0.2) is 0 Å². The molecule has 2 N–H and O–H groups in total. The average Bonchev–Trinajstić information content (AvgIpc) is 3.00. The van der Waals surface area contributed by atoms with E-state index in [0.717, 1.165) is 25.4 Å². The summed E-state index contributed by atoms with van der Waals surface area (Å²) in [5, 5.41) is 0. The Morgan fingerprint density at radius 1 is 1.07 bits per heavy atom. The molecule has 6 rings (SSSR count). The van der Waals surface area contributed by atoms with Crippen LogP contribution >= 0.6 is 12.2 Å². The van der Waals surface area contributed by atoms with E-state index in [2.05, 4.69) is 62.9 Å². The van der Waals surface area contributed by atoms with Crippen LogP contribution in [0.1, 0.15) is 65.4 Å². The molecule has 1 aromatic rings. The highest BCUT2D eigenvalue weighted by Gasteiger charge is 2.72. The van der Waals surface area contributed by atoms with E-state index in [1.54, 1.807) is 5.56 Å². The molecule has 4 unspecified atom stereocenters. The lowest BCUT2D eigenvalue weighted by Crippen LogP contribution is -2.57. The SMILES string of the molecule is CC1(C)C2CC3(c4ccccc4)CC1C(C(=S)N1CC[C@H](N)C(C)(C)C1)(C2)C3. The van der Waals surface area contributed by atoms with E-state index >= 15 is 0 Å². The van der Waals surface area contributed by atoms with E-state index < -0.39 is 0 Å². The summed E-state index contributed by atoms with van der Waals surface area (Å²) >= 11 is 6.36. The quantitative estimate of drug-likeness (QED) is 0.700. The smallest absolute Gasteiger partial charge is 0.0845 e. The number of nitrogens with zero attached hydrogens (tertiary/aromatic N) is 1. The molecule has 4 aliphatic carbocycles. The molecule has 5 fully saturated rings. The van der Waals surface area contributed by atoms with Gasteiger partial charge in [-0.2, -0.15) is 0 Å². The normalized spacial score (nSPS) is 42.8. The molecule has 5 atom stereocenters. The number of hydrogen-bond acceptors (Lipinski definition) is 2. The van der Waals surface area contributed by atoms with E-state index in [1.165, 1.54) is 30.7 Å². The Bertz CT molecular complexity index is 800. The summed E-state index contributed by atoms with van der Waals surface area (Å²) < 4.78 is 0. The molecular formula is C25H36N2S. The van der Waals surface area contributed by atoms with Gasteiger partial charge in [0.25, 0.3) is 0 Å². The van der Waals surface area contributed by atoms with Crippen LogP contribution in [0, 0.1) is 28.1 Å². The lowest BCUT2D eigenvalue weighted by molar-refractivity contribution is 0.0899. The van der Waals surface area contributed by atoms with Crippen molar-refractivity contribution in [3.8, 4) is 0 Å². The molecule has 2 nitrogen and oxygen atoms in total. The minimum absolute atomic E-state index is 0.140. The van der Waals surface area contributed by atoms with Gasteiger partial charge in [-0.1, -0.05) is 70.2 Å². The first-order valence-electron chi connectivity index (χ1n) is 11.2. The fourth-order valence-electron chi connectivity index (χ4n) is 7.83. The molecule has 1 heterocycles. The molecule has 0 spiro atoms. The second-order valence-electron chi connectivity index (χ2n) is 11.8. The summed E-state index contributed by atoms with van der Waals surface area (Å²) in [5.41, 5.74) is 9.10. The molecule has 1 aromatic carbocycles. The number of thiocarbonyl (C=S) groups is 1. The van der Waals surface area contributed by atoms with Gasteiger partial charge in [0.2, 0.25) is 0 Å². The predicted molar refractivity (Wildman–Crippen MR) is 120 cm³/mol. The molecule has 3 heteroatoms. The second kappa shape index (κ2) is 5.82. The molecule has 0 aromatic heterocycles. The number of hydrogen-bond donors (Lipinski definition) is 1. The van der Waals surface area contributed by atoms with Gasteiger partial charge in [0, 0.05) is 24.5 Å². The third-order valence-electron chi connectivity index (χ3n) is 9.53. The van der Waals surface area contributed by atoms with Gasteiger partial charge in [0.1, 0.15) is 0 Å². The van der Waals surface area contributed by atoms with E-state index in [0.29, 0.717) is 16.7 Å². The van der Waals surface area contributed by atoms with E-state index in [9.17, 15) is 0 Å². The van der Waals surface area contributed by atoms with Crippen molar-refractivity contribution >= 4 is 17.2 Å². The topological polar surface area (TPSA) is 29.3 Å². The van der Waals surface area contributed by atoms with Gasteiger partial charge < -0.3 is 10.6 Å². The van der Waals surface area contributed by atoms with Crippen LogP contribution in [0.15, 0.2) is 30.3 Å². The number of piperidine rings is 1. The third kappa shape index (κ3) is 2.38. The van der Waals surface area contributed by atoms with Gasteiger partial charge in [-0.3, -0.25) is 0 Å². The molecule has 152 valence electrons. The van der Waals surface area contributed by atoms with Crippen molar-refractivity contribution in [2.45, 2.75) is 71.3 Å². The molecule has 5 aliphatic rings. The number of benzene rings is 1. The van der Waals surface area contributed by atoms with Gasteiger partial charge in [-0.25, -0.2) is 0 Å². The Morgan fingerprint density at radius 2 is 1.79 bits per heavy atom. The molecule has 1 aliphatic heterocycles. The summed E-state index contributed by atoms with van der Waals surface area (Å²) in [6, 6.07) is 11.6. The fourth-order valence-corrected chi connectivity index (χ4v) is 8.28. The van der Waals surface area contributed by atoms with Crippen LogP contribution in [0.5, 0.6) is 0 Å². The van der Waals surface area contributed by atoms with Crippen molar-refractivity contribution in [2.24, 2.45) is 33.8 Å². The number of rotatable bonds is 2. The summed E-state index contributed by atoms with van der Waals surface area (Å²) in [6.07, 6.45) is 6.29. The highest BCUT2D eigenvalue weighted by molar-refractivity contribution is 7.80. The zero-order valence-electron chi connectivity index (χ0n) is 18.0. The maximum absolute atomic E-state index is 6.43. The number of nitrogens with two attached hydrogens (primary N) is 1. The minimum atomic E-state index is 0.140. The summed E-state index contributed by atoms with van der Waals surface area (Å²) in [7, 11) is 0. The van der Waals surface area contributed by atoms with Crippen LogP contribution in [0.25, 0.3) is 0 Å². The lowest BCUT2D eigenvalue weighted by Gasteiger charge is -2.49. The molecule has 4 saturated carbocycles. The van der Waals surface area contributed by atoms with Crippen LogP contribution < -0.4 is 5.73 Å². The molecular weight excluding hydrogens is 360 g/mol. The Balaban J connectivity index is 1.52. The van der Waals surface area contributed by atoms with Crippen molar-refractivity contribution in [1.82, 2.24) is 4.90 Å². The first-order chi connectivity index (χ1) is 13.1. The molecule has 28 heavy (non-hydrogen) atoms. The zero-order valence-corrected chi connectivity index (χ0v) is 18.8. The Hall–Kier alpha value is -0.930. The second-order valence-corrected chi connectivity index (χ2v) is 12.2. The van der Waals surface area contributed by atoms with Crippen molar-refractivity contribution < 1.29 is 0 Å². The summed E-state index contributed by atoms with van der Waals surface area (Å²) in [4.78, 5) is 3.85. The molecule has 4 bridgehead atoms. The van der Waals surface area contributed by atoms with Crippen LogP contribution in [0.2, 0.25) is 0 Å². The average molecular weight is 397 g/mol. The summed E-state index contributed by atoms with van der Waals surface area (Å²) in [6.45, 7) is 11.8. The summed E-state index contributed by atoms with van der Waals surface area (Å²) in [5.74, 6) is 1.50. The Morgan fingerprint density at radius 3 is 2.46 bits per heavy atom. The standard InChI is InChI=1S/C25H36N2S/c1-22(2)16-27(11-10-20(22)26)21(28)25-13-18-12-24(15-25,14-19(25)23(18,3)4)17-8-6-5-7-9-17/h5-9,18-20H,10-16,26H2,1-4H3/t18?,19?,20-,24?,25?/m0/s1. The first kappa shape index (κ1) is 19.1. The van der Waals surface area contributed by atoms with Gasteiger partial charge in [0.05, 0.1) is 4.99 Å². The fraction of sp³-hybridized carbons (Fsp3) is 0.720. The van der Waals surface area contributed by atoms with Crippen molar-refractivity contribution in [2.75, 3.05) is 13.1 Å². The van der Waals surface area contributed by atoms with Gasteiger partial charge in [-0.05, 0) is 65.7 Å². The van der Waals surface area contributed by atoms with Gasteiger partial charge >= 0.3 is 0 Å². The van der Waals surface area contributed by atoms with E-state index in [1.807, 2.05) is 0 Å². The molecule has 0 radical (unpaired) electrons. The minimum Gasteiger partial charge on any atom is -0.365 e. The predicted octanol–water partition coefficient (Wildman–Crippen LogP) is 5.16. The maximum atomic E-state index is 6.43. The highest BCUT2D eigenvalue weighted by Crippen LogP contribution is 2.77. The van der Waals surface area contributed by atoms with Crippen molar-refractivity contribution in [3.63, 3.8) is 0 Å². The van der Waals surface area contributed by atoms with Crippen LogP contribution in [-0.4, -0.2) is 29.0 Å². The van der Waals surface area contributed by atoms with Crippen LogP contribution in [0.3, 0.4) is 0 Å². The Kier molecular flexibility index (Phi) is 3.96. The molecule has 0 amide bonds. The molecule has 1 saturated heterocycles. The monoisotopic (exact) mass is 396 g/mol. The van der Waals surface area contributed by atoms with Crippen molar-refractivity contribution in [1.29, 1.82) is 0 Å². The largest absolute Gasteiger partial charge is 0.365 e. The van der Waals surface area contributed by atoms with Gasteiger partial charge in [-0.15, -0.1) is 0 Å². The van der Waals surface area contributed by atoms with E-state index in [4.69, 9.17) is 18.0 Å². The maximum Gasteiger partial charge on any atom is 0.0845 e. The third-order valence-corrected chi connectivity index (χ3v) is 10.2. The lowest BCUT2D eigenvalue weighted by atomic mass is 9.58. The zero-order chi connectivity index (χ0) is 19.9. The van der Waals surface area contributed by atoms with Crippen LogP contribution in [-0.2, 0) is 5.41 Å². The number of likely N-dealkylation sites (tertiary alicyclic amines) is 1. The first-order valence-corrected chi connectivity index (χ1v) is 11.6. The van der Waals surface area contributed by atoms with Crippen LogP contribution in [0.4, 0.5) is 0 Å². The van der Waals surface area contributed by atoms with E-state index in [-0.39, 0.29) is 16.9 Å². The Labute approximate surface area is 176 Å². The highest BCUT2D eigenvalue weighted by atomic mass is 32.1. The van der Waals surface area contributed by atoms with Crippen molar-refractivity contribution in [3.05, 3.63) is 35.9 Å².